The molecule has 0 radical (unpaired) electrons. The van der Waals surface area contributed by atoms with E-state index in [0.29, 0.717) is 46.6 Å². The van der Waals surface area contributed by atoms with Gasteiger partial charge in [-0.2, -0.15) is 0 Å². The molecule has 0 atom stereocenters. The molecule has 4 rings (SSSR count). The average molecular weight is 647 g/mol. The number of H-pyrrole nitrogens is 1. The van der Waals surface area contributed by atoms with Crippen molar-refractivity contribution < 1.29 is 47.9 Å². The Balaban J connectivity index is 1.87. The van der Waals surface area contributed by atoms with Crippen LogP contribution in [0.2, 0.25) is 5.02 Å². The number of hydrogen-bond donors (Lipinski definition) is 4. The second-order valence-electron chi connectivity index (χ2n) is 9.46. The Hall–Kier alpha value is -4.47. The number of carboxylic acid groups (broad SMARTS) is 1. The molecule has 2 heterocycles. The van der Waals surface area contributed by atoms with Crippen molar-refractivity contribution in [3.8, 4) is 33.9 Å². The van der Waals surface area contributed by atoms with Crippen LogP contribution in [0, 0.1) is 5.82 Å². The first-order valence-corrected chi connectivity index (χ1v) is 13.9. The quantitative estimate of drug-likeness (QED) is 0.0319. The first kappa shape index (κ1) is 33.4. The molecule has 0 unspecified atom stereocenters. The third-order valence-electron chi connectivity index (χ3n) is 6.43. The van der Waals surface area contributed by atoms with Crippen molar-refractivity contribution in [2.45, 2.75) is 6.42 Å². The van der Waals surface area contributed by atoms with Crippen LogP contribution >= 0.6 is 11.6 Å². The Labute approximate surface area is 262 Å². The molecule has 15 heteroatoms. The molecule has 2 aromatic carbocycles. The molecule has 13 nitrogen and oxygen atoms in total. The smallest absolute Gasteiger partial charge is 0.307 e. The van der Waals surface area contributed by atoms with Gasteiger partial charge in [-0.15, -0.1) is 0 Å². The van der Waals surface area contributed by atoms with Crippen LogP contribution in [0.25, 0.3) is 33.4 Å². The van der Waals surface area contributed by atoms with Gasteiger partial charge in [-0.3, -0.25) is 4.79 Å². The number of hydrogen-bond acceptors (Lipinski definition) is 10. The molecular weight excluding hydrogens is 615 g/mol. The van der Waals surface area contributed by atoms with Crippen LogP contribution in [0.15, 0.2) is 47.6 Å². The number of amidine groups is 1. The maximum atomic E-state index is 14.7. The topological polar surface area (TPSA) is 180 Å². The highest BCUT2D eigenvalue weighted by molar-refractivity contribution is 6.34. The Kier molecular flexibility index (Phi) is 11.9. The lowest BCUT2D eigenvalue weighted by Crippen LogP contribution is -2.15. The van der Waals surface area contributed by atoms with Crippen LogP contribution in [0.4, 0.5) is 4.39 Å². The van der Waals surface area contributed by atoms with E-state index in [0.717, 1.165) is 0 Å². The Morgan fingerprint density at radius 2 is 1.64 bits per heavy atom. The second-order valence-corrected chi connectivity index (χ2v) is 9.87. The van der Waals surface area contributed by atoms with Crippen molar-refractivity contribution in [1.29, 1.82) is 0 Å². The Morgan fingerprint density at radius 1 is 0.956 bits per heavy atom. The minimum atomic E-state index is -1.12. The first-order valence-electron chi connectivity index (χ1n) is 13.5. The number of fused-ring (bicyclic) bond motifs is 1. The fourth-order valence-electron chi connectivity index (χ4n) is 4.37. The summed E-state index contributed by atoms with van der Waals surface area (Å²) in [6.07, 6.45) is -0.413. The summed E-state index contributed by atoms with van der Waals surface area (Å²) in [6.45, 7) is 0.902. The van der Waals surface area contributed by atoms with E-state index in [-0.39, 0.29) is 60.4 Å². The number of aromatic amines is 1. The Bertz CT molecular complexity index is 1660. The normalized spacial score (nSPS) is 11.7. The number of aliphatic carboxylic acids is 1. The van der Waals surface area contributed by atoms with Crippen molar-refractivity contribution in [3.63, 3.8) is 0 Å². The number of nitrogens with zero attached hydrogens (tertiary/aromatic N) is 2. The van der Waals surface area contributed by atoms with E-state index >= 15 is 0 Å². The predicted molar refractivity (Wildman–Crippen MR) is 162 cm³/mol. The van der Waals surface area contributed by atoms with Gasteiger partial charge < -0.3 is 49.5 Å². The fraction of sp³-hybridized carbons (Fsp3) is 0.300. The van der Waals surface area contributed by atoms with Gasteiger partial charge in [-0.1, -0.05) is 16.8 Å². The van der Waals surface area contributed by atoms with Crippen molar-refractivity contribution in [2.75, 3.05) is 54.2 Å². The fourth-order valence-corrected chi connectivity index (χ4v) is 4.61. The van der Waals surface area contributed by atoms with E-state index in [1.165, 1.54) is 25.3 Å². The van der Waals surface area contributed by atoms with Crippen molar-refractivity contribution in [1.82, 2.24) is 9.97 Å². The van der Waals surface area contributed by atoms with Crippen molar-refractivity contribution >= 4 is 34.4 Å². The standard InChI is InChI=1S/C30H32ClFN4O9/c1-40-5-7-42-15-44-26-4-3-18(32)11-20(26)19-12-21(27(9-17(19)10-28(37)38)45-16-43-8-6-41-2)23-14-25-24(34-23)13-22(31)29(35-25)30(33)36-39/h3-4,9,11-14,34,39H,5-8,10,15-16H2,1-2H3,(H2,33,36)(H,37,38). The average Bonchev–Trinajstić information content (AvgIpc) is 3.43. The molecule has 0 fully saturated rings. The van der Waals surface area contributed by atoms with Gasteiger partial charge >= 0.3 is 5.97 Å². The van der Waals surface area contributed by atoms with Gasteiger partial charge in [0.05, 0.1) is 54.6 Å². The summed E-state index contributed by atoms with van der Waals surface area (Å²) in [6, 6.07) is 10.4. The molecule has 5 N–H and O–H groups in total. The van der Waals surface area contributed by atoms with Crippen LogP contribution in [-0.4, -0.2) is 86.3 Å². The number of halogens is 2. The molecule has 0 aliphatic heterocycles. The highest BCUT2D eigenvalue weighted by Gasteiger charge is 2.21. The van der Waals surface area contributed by atoms with Gasteiger partial charge in [0, 0.05) is 25.3 Å². The number of ether oxygens (including phenoxy) is 6. The molecule has 240 valence electrons. The van der Waals surface area contributed by atoms with Crippen LogP contribution in [0.1, 0.15) is 11.3 Å². The van der Waals surface area contributed by atoms with E-state index in [2.05, 4.69) is 15.1 Å². The summed E-state index contributed by atoms with van der Waals surface area (Å²) in [7, 11) is 3.08. The van der Waals surface area contributed by atoms with E-state index in [9.17, 15) is 14.3 Å². The van der Waals surface area contributed by atoms with Crippen LogP contribution < -0.4 is 15.2 Å². The third kappa shape index (κ3) is 8.59. The largest absolute Gasteiger partial charge is 0.481 e. The van der Waals surface area contributed by atoms with Crippen molar-refractivity contribution in [2.24, 2.45) is 10.9 Å². The van der Waals surface area contributed by atoms with Crippen LogP contribution in [0.3, 0.4) is 0 Å². The number of pyridine rings is 1. The summed E-state index contributed by atoms with van der Waals surface area (Å²) in [5, 5.41) is 22.0. The number of aromatic nitrogens is 2. The lowest BCUT2D eigenvalue weighted by atomic mass is 9.93. The zero-order chi connectivity index (χ0) is 32.3. The number of oxime groups is 1. The van der Waals surface area contributed by atoms with Gasteiger partial charge in [-0.05, 0) is 53.6 Å². The summed E-state index contributed by atoms with van der Waals surface area (Å²) in [5.41, 5.74) is 8.69. The predicted octanol–water partition coefficient (Wildman–Crippen LogP) is 4.41. The molecule has 0 saturated heterocycles. The van der Waals surface area contributed by atoms with Crippen LogP contribution in [-0.2, 0) is 30.2 Å². The lowest BCUT2D eigenvalue weighted by molar-refractivity contribution is -0.136. The van der Waals surface area contributed by atoms with E-state index in [1.807, 2.05) is 0 Å². The maximum absolute atomic E-state index is 14.7. The Morgan fingerprint density at radius 3 is 2.29 bits per heavy atom. The third-order valence-corrected chi connectivity index (χ3v) is 6.72. The molecular formula is C30H32ClFN4O9. The highest BCUT2D eigenvalue weighted by atomic mass is 35.5. The molecule has 0 saturated carbocycles. The number of benzene rings is 2. The molecule has 4 aromatic rings. The molecule has 0 bridgehead atoms. The zero-order valence-electron chi connectivity index (χ0n) is 24.5. The van der Waals surface area contributed by atoms with Gasteiger partial charge in [0.25, 0.3) is 0 Å². The van der Waals surface area contributed by atoms with E-state index < -0.39 is 18.2 Å². The van der Waals surface area contributed by atoms with E-state index in [1.54, 1.807) is 31.4 Å². The summed E-state index contributed by atoms with van der Waals surface area (Å²) in [5.74, 6) is -1.42. The molecule has 0 aliphatic carbocycles. The maximum Gasteiger partial charge on any atom is 0.307 e. The summed E-state index contributed by atoms with van der Waals surface area (Å²) < 4.78 is 47.3. The second kappa shape index (κ2) is 16.0. The van der Waals surface area contributed by atoms with E-state index in [4.69, 9.17) is 51.0 Å². The minimum absolute atomic E-state index is 0.0759. The van der Waals surface area contributed by atoms with Crippen molar-refractivity contribution in [3.05, 3.63) is 64.6 Å². The number of rotatable bonds is 17. The highest BCUT2D eigenvalue weighted by Crippen LogP contribution is 2.41. The molecule has 0 amide bonds. The SMILES string of the molecule is COCCOCOc1cc(CC(=O)O)c(-c2cc(F)ccc2OCOCCOC)cc1-c1cc2nc(C(N)=NO)c(Cl)cc2[nH]1. The van der Waals surface area contributed by atoms with Gasteiger partial charge in [0.15, 0.2) is 19.4 Å². The monoisotopic (exact) mass is 646 g/mol. The molecule has 2 aromatic heterocycles. The number of methoxy groups -OCH3 is 2. The number of nitrogens with two attached hydrogens (primary N) is 1. The lowest BCUT2D eigenvalue weighted by Gasteiger charge is -2.19. The number of carbonyl (C=O) groups is 1. The van der Waals surface area contributed by atoms with Crippen LogP contribution in [0.5, 0.6) is 11.5 Å². The molecule has 45 heavy (non-hydrogen) atoms. The minimum Gasteiger partial charge on any atom is -0.481 e. The zero-order valence-corrected chi connectivity index (χ0v) is 25.2. The van der Waals surface area contributed by atoms with Gasteiger partial charge in [-0.25, -0.2) is 9.37 Å². The van der Waals surface area contributed by atoms with Gasteiger partial charge in [0.2, 0.25) is 0 Å². The van der Waals surface area contributed by atoms with Gasteiger partial charge in [0.1, 0.15) is 23.0 Å². The first-order chi connectivity index (χ1) is 21.7. The summed E-state index contributed by atoms with van der Waals surface area (Å²) >= 11 is 6.32. The number of nitrogens with one attached hydrogen (secondary N) is 1. The number of carboxylic acids is 1. The molecule has 0 aliphatic rings. The summed E-state index contributed by atoms with van der Waals surface area (Å²) in [4.78, 5) is 19.6. The molecule has 0 spiro atoms.